The number of hydrogen-bond acceptors (Lipinski definition) is 8. The molecule has 1 unspecified atom stereocenters. The molecule has 1 saturated heterocycles. The van der Waals surface area contributed by atoms with Crippen LogP contribution in [-0.4, -0.2) is 57.5 Å². The summed E-state index contributed by atoms with van der Waals surface area (Å²) in [5, 5.41) is 32.9. The number of nitrogens with two attached hydrogens (primary N) is 1. The standard InChI is InChI=1S/C35H38FNO7/c1-33-10-9-22(39)13-25(33)26(36)14-23-24-15-30-35(29(42)17-38,34(24,2)16-28(41)31(23)33)44-32(43-30)20-6-5-19(27(40)12-20)11-18-3-7-21(37)8-4-18/h3-10,12-13,23-24,26,28,30-32,38,40-41H,11,14-17,37H2,1-2H3/t23-,24-,26-,28-,30+,31?,32+,33-,34-,35+/m0/s1. The van der Waals surface area contributed by atoms with Crippen LogP contribution < -0.4 is 5.73 Å². The van der Waals surface area contributed by atoms with Crippen molar-refractivity contribution < 1.29 is 38.8 Å². The Balaban J connectivity index is 1.20. The maximum atomic E-state index is 15.8. The number of phenols is 1. The minimum absolute atomic E-state index is 0.0541. The second-order valence-electron chi connectivity index (χ2n) is 13.7. The molecule has 7 rings (SSSR count). The number of ketones is 2. The van der Waals surface area contributed by atoms with Crippen LogP contribution in [0.2, 0.25) is 0 Å². The number of carbonyl (C=O) groups excluding carboxylic acids is 2. The molecule has 2 aromatic rings. The van der Waals surface area contributed by atoms with Crippen molar-refractivity contribution >= 4 is 17.3 Å². The Morgan fingerprint density at radius 3 is 2.59 bits per heavy atom. The van der Waals surface area contributed by atoms with Crippen molar-refractivity contribution in [3.63, 3.8) is 0 Å². The summed E-state index contributed by atoms with van der Waals surface area (Å²) in [6.07, 6.45) is 1.73. The zero-order valence-electron chi connectivity index (χ0n) is 24.8. The highest BCUT2D eigenvalue weighted by atomic mass is 19.1. The molecule has 2 aromatic carbocycles. The molecule has 0 bridgehead atoms. The van der Waals surface area contributed by atoms with Crippen LogP contribution in [0.5, 0.6) is 5.75 Å². The van der Waals surface area contributed by atoms with Gasteiger partial charge in [0, 0.05) is 34.4 Å². The summed E-state index contributed by atoms with van der Waals surface area (Å²) in [4.78, 5) is 25.9. The lowest BCUT2D eigenvalue weighted by Gasteiger charge is -2.60. The third kappa shape index (κ3) is 4.02. The molecule has 0 amide bonds. The topological polar surface area (TPSA) is 139 Å². The molecule has 3 saturated carbocycles. The number of benzene rings is 2. The minimum Gasteiger partial charge on any atom is -0.508 e. The number of Topliss-reactive ketones (excluding diaryl/α,β-unsaturated/α-hetero) is 1. The summed E-state index contributed by atoms with van der Waals surface area (Å²) in [5.41, 5.74) is 5.69. The summed E-state index contributed by atoms with van der Waals surface area (Å²) in [7, 11) is 0. The first-order valence-corrected chi connectivity index (χ1v) is 15.3. The Kier molecular flexibility index (Phi) is 6.72. The van der Waals surface area contributed by atoms with E-state index in [-0.39, 0.29) is 42.1 Å². The first-order valence-electron chi connectivity index (χ1n) is 15.3. The van der Waals surface area contributed by atoms with Gasteiger partial charge in [-0.1, -0.05) is 44.2 Å². The van der Waals surface area contributed by atoms with Crippen LogP contribution in [0.15, 0.2) is 66.3 Å². The lowest BCUT2D eigenvalue weighted by Crippen LogP contribution is -2.64. The van der Waals surface area contributed by atoms with E-state index in [4.69, 9.17) is 15.2 Å². The molecule has 8 nitrogen and oxygen atoms in total. The van der Waals surface area contributed by atoms with Gasteiger partial charge in [0.15, 0.2) is 23.5 Å². The first-order chi connectivity index (χ1) is 20.9. The summed E-state index contributed by atoms with van der Waals surface area (Å²) in [6, 6.07) is 12.6. The maximum absolute atomic E-state index is 15.8. The molecule has 9 heteroatoms. The predicted octanol–water partition coefficient (Wildman–Crippen LogP) is 4.12. The largest absolute Gasteiger partial charge is 0.508 e. The number of rotatable bonds is 5. The second-order valence-corrected chi connectivity index (χ2v) is 13.7. The number of aliphatic hydroxyl groups is 2. The van der Waals surface area contributed by atoms with Crippen molar-refractivity contribution in [2.45, 2.75) is 69.8 Å². The van der Waals surface area contributed by atoms with Gasteiger partial charge in [0.2, 0.25) is 0 Å². The fourth-order valence-electron chi connectivity index (χ4n) is 9.58. The molecule has 0 radical (unpaired) electrons. The van der Waals surface area contributed by atoms with Gasteiger partial charge >= 0.3 is 0 Å². The summed E-state index contributed by atoms with van der Waals surface area (Å²) < 4.78 is 28.8. The van der Waals surface area contributed by atoms with E-state index in [0.717, 1.165) is 5.56 Å². The normalized spacial score (nSPS) is 40.5. The van der Waals surface area contributed by atoms with E-state index in [9.17, 15) is 24.9 Å². The fourth-order valence-corrected chi connectivity index (χ4v) is 9.58. The quantitative estimate of drug-likeness (QED) is 0.375. The number of aliphatic hydroxyl groups excluding tert-OH is 2. The summed E-state index contributed by atoms with van der Waals surface area (Å²) in [6.45, 7) is 3.00. The number of anilines is 1. The lowest BCUT2D eigenvalue weighted by atomic mass is 9.46. The SMILES string of the molecule is C[C@]12C=CC(=O)C=C1[C@@H](F)C[C@@H]1C2[C@@H](O)C[C@@]2(C)[C@H]1C[C@H]1O[C@@H](c3ccc(Cc4ccc(N)cc4)c(O)c3)O[C@]12C(=O)CO. The van der Waals surface area contributed by atoms with Crippen molar-refractivity contribution in [2.24, 2.45) is 28.6 Å². The average molecular weight is 604 g/mol. The van der Waals surface area contributed by atoms with Crippen molar-refractivity contribution in [1.82, 2.24) is 0 Å². The van der Waals surface area contributed by atoms with Gasteiger partial charge in [0.1, 0.15) is 18.5 Å². The van der Waals surface area contributed by atoms with E-state index < -0.39 is 53.5 Å². The minimum atomic E-state index is -1.57. The highest BCUT2D eigenvalue weighted by molar-refractivity contribution is 6.01. The van der Waals surface area contributed by atoms with Crippen LogP contribution in [0.25, 0.3) is 0 Å². The number of nitrogen functional groups attached to an aromatic ring is 1. The highest BCUT2D eigenvalue weighted by Crippen LogP contribution is 2.70. The molecule has 0 spiro atoms. The number of phenolic OH excluding ortho intramolecular Hbond substituents is 1. The van der Waals surface area contributed by atoms with Gasteiger partial charge in [-0.2, -0.15) is 0 Å². The lowest BCUT2D eigenvalue weighted by molar-refractivity contribution is -0.203. The van der Waals surface area contributed by atoms with Crippen LogP contribution in [-0.2, 0) is 25.5 Å². The number of ether oxygens (including phenoxy) is 2. The Morgan fingerprint density at radius 1 is 1.14 bits per heavy atom. The molecule has 10 atom stereocenters. The number of hydrogen-bond donors (Lipinski definition) is 4. The number of carbonyl (C=O) groups is 2. The molecular formula is C35H38FNO7. The number of alkyl halides is 1. The van der Waals surface area contributed by atoms with E-state index >= 15 is 4.39 Å². The smallest absolute Gasteiger partial charge is 0.193 e. The molecule has 4 aliphatic carbocycles. The monoisotopic (exact) mass is 603 g/mol. The maximum Gasteiger partial charge on any atom is 0.193 e. The number of allylic oxidation sites excluding steroid dienone is 4. The van der Waals surface area contributed by atoms with Gasteiger partial charge in [-0.05, 0) is 78.1 Å². The molecular weight excluding hydrogens is 565 g/mol. The van der Waals surface area contributed by atoms with Crippen molar-refractivity contribution in [1.29, 1.82) is 0 Å². The van der Waals surface area contributed by atoms with Crippen LogP contribution >= 0.6 is 0 Å². The Morgan fingerprint density at radius 2 is 1.89 bits per heavy atom. The van der Waals surface area contributed by atoms with E-state index in [0.29, 0.717) is 35.2 Å². The van der Waals surface area contributed by atoms with Gasteiger partial charge in [0.05, 0.1) is 12.2 Å². The Bertz CT molecular complexity index is 1590. The van der Waals surface area contributed by atoms with E-state index in [1.807, 2.05) is 26.0 Å². The summed E-state index contributed by atoms with van der Waals surface area (Å²) >= 11 is 0. The fraction of sp³-hybridized carbons (Fsp3) is 0.486. The Labute approximate surface area is 255 Å². The zero-order valence-corrected chi connectivity index (χ0v) is 24.8. The van der Waals surface area contributed by atoms with E-state index in [1.165, 1.54) is 12.2 Å². The molecule has 0 aromatic heterocycles. The zero-order chi connectivity index (χ0) is 31.2. The molecule has 1 heterocycles. The van der Waals surface area contributed by atoms with Crippen LogP contribution in [0, 0.1) is 28.6 Å². The van der Waals surface area contributed by atoms with Gasteiger partial charge in [0.25, 0.3) is 0 Å². The van der Waals surface area contributed by atoms with Gasteiger partial charge < -0.3 is 30.5 Å². The molecule has 5 aliphatic rings. The number of aromatic hydroxyl groups is 1. The second kappa shape index (κ2) is 10.1. The third-order valence-electron chi connectivity index (χ3n) is 11.5. The van der Waals surface area contributed by atoms with Crippen molar-refractivity contribution in [3.05, 3.63) is 83.0 Å². The van der Waals surface area contributed by atoms with Crippen molar-refractivity contribution in [3.8, 4) is 5.75 Å². The third-order valence-corrected chi connectivity index (χ3v) is 11.5. The van der Waals surface area contributed by atoms with Crippen LogP contribution in [0.3, 0.4) is 0 Å². The van der Waals surface area contributed by atoms with Gasteiger partial charge in [-0.3, -0.25) is 9.59 Å². The molecule has 232 valence electrons. The van der Waals surface area contributed by atoms with Gasteiger partial charge in [-0.25, -0.2) is 4.39 Å². The van der Waals surface area contributed by atoms with E-state index in [1.54, 1.807) is 36.4 Å². The van der Waals surface area contributed by atoms with Crippen LogP contribution in [0.4, 0.5) is 10.1 Å². The van der Waals surface area contributed by atoms with E-state index in [2.05, 4.69) is 0 Å². The molecule has 4 fully saturated rings. The highest BCUT2D eigenvalue weighted by Gasteiger charge is 2.76. The Hall–Kier alpha value is -3.37. The predicted molar refractivity (Wildman–Crippen MR) is 159 cm³/mol. The molecule has 44 heavy (non-hydrogen) atoms. The summed E-state index contributed by atoms with van der Waals surface area (Å²) in [5.74, 6) is -1.64. The molecule has 1 aliphatic heterocycles. The number of halogens is 1. The molecule has 5 N–H and O–H groups in total. The van der Waals surface area contributed by atoms with Gasteiger partial charge in [-0.15, -0.1) is 0 Å². The first kappa shape index (κ1) is 29.3. The van der Waals surface area contributed by atoms with Crippen molar-refractivity contribution in [2.75, 3.05) is 12.3 Å². The van der Waals surface area contributed by atoms with Crippen LogP contribution in [0.1, 0.15) is 56.1 Å². The number of fused-ring (bicyclic) bond motifs is 7. The average Bonchev–Trinajstić information content (AvgIpc) is 3.49.